The van der Waals surface area contributed by atoms with Crippen LogP contribution in [0.5, 0.6) is 0 Å². The summed E-state index contributed by atoms with van der Waals surface area (Å²) in [4.78, 5) is 0. The molecule has 0 saturated heterocycles. The zero-order valence-corrected chi connectivity index (χ0v) is 13.2. The van der Waals surface area contributed by atoms with Crippen molar-refractivity contribution in [1.82, 2.24) is 14.3 Å². The van der Waals surface area contributed by atoms with Crippen LogP contribution < -0.4 is 10.0 Å². The fourth-order valence-corrected chi connectivity index (χ4v) is 4.01. The second-order valence-electron chi connectivity index (χ2n) is 6.87. The number of nitrogens with one attached hydrogen (secondary N) is 2. The summed E-state index contributed by atoms with van der Waals surface area (Å²) < 4.78 is 28.7. The lowest BCUT2D eigenvalue weighted by atomic mass is 10.0. The van der Waals surface area contributed by atoms with Gasteiger partial charge in [-0.05, 0) is 62.8 Å². The molecular weight excluding hydrogens is 274 g/mol. The second-order valence-corrected chi connectivity index (χ2v) is 8.73. The second kappa shape index (κ2) is 5.55. The van der Waals surface area contributed by atoms with E-state index in [-0.39, 0.29) is 0 Å². The molecule has 0 aliphatic heterocycles. The Hall–Kier alpha value is -0.170. The van der Waals surface area contributed by atoms with Gasteiger partial charge in [-0.1, -0.05) is 0 Å². The van der Waals surface area contributed by atoms with Crippen molar-refractivity contribution < 1.29 is 8.42 Å². The molecule has 2 N–H and O–H groups in total. The Morgan fingerprint density at radius 1 is 1.20 bits per heavy atom. The fourth-order valence-electron chi connectivity index (χ4n) is 2.95. The summed E-state index contributed by atoms with van der Waals surface area (Å²) in [6, 6.07) is 0.698. The summed E-state index contributed by atoms with van der Waals surface area (Å²) in [7, 11) is -1.61. The Morgan fingerprint density at radius 3 is 2.45 bits per heavy atom. The van der Waals surface area contributed by atoms with Crippen molar-refractivity contribution >= 4 is 10.2 Å². The molecule has 3 saturated carbocycles. The van der Waals surface area contributed by atoms with Gasteiger partial charge in [-0.25, -0.2) is 4.72 Å². The van der Waals surface area contributed by atoms with Crippen LogP contribution in [0, 0.1) is 11.3 Å². The van der Waals surface area contributed by atoms with Gasteiger partial charge in [0.15, 0.2) is 0 Å². The summed E-state index contributed by atoms with van der Waals surface area (Å²) in [6.07, 6.45) is 8.43. The van der Waals surface area contributed by atoms with Crippen LogP contribution in [0.1, 0.15) is 44.9 Å². The number of nitrogens with zero attached hydrogens (tertiary/aromatic N) is 1. The van der Waals surface area contributed by atoms with Gasteiger partial charge in [0, 0.05) is 26.2 Å². The fraction of sp³-hybridized carbons (Fsp3) is 1.00. The van der Waals surface area contributed by atoms with Crippen LogP contribution in [-0.2, 0) is 10.2 Å². The van der Waals surface area contributed by atoms with Gasteiger partial charge in [0.2, 0.25) is 0 Å². The lowest BCUT2D eigenvalue weighted by Gasteiger charge is -2.21. The molecular formula is C14H27N3O2S. The van der Waals surface area contributed by atoms with Crippen LogP contribution in [-0.4, -0.2) is 45.4 Å². The van der Waals surface area contributed by atoms with E-state index in [1.807, 2.05) is 0 Å². The van der Waals surface area contributed by atoms with Gasteiger partial charge >= 0.3 is 0 Å². The van der Waals surface area contributed by atoms with E-state index in [0.717, 1.165) is 18.9 Å². The molecule has 3 aliphatic carbocycles. The number of hydrogen-bond acceptors (Lipinski definition) is 3. The first-order valence-electron chi connectivity index (χ1n) is 7.96. The third-order valence-corrected chi connectivity index (χ3v) is 6.53. The molecule has 3 aliphatic rings. The van der Waals surface area contributed by atoms with E-state index in [9.17, 15) is 8.42 Å². The molecule has 6 heteroatoms. The minimum atomic E-state index is -3.29. The average molecular weight is 301 g/mol. The molecule has 3 fully saturated rings. The van der Waals surface area contributed by atoms with E-state index in [4.69, 9.17) is 0 Å². The van der Waals surface area contributed by atoms with Gasteiger partial charge < -0.3 is 5.32 Å². The highest BCUT2D eigenvalue weighted by molar-refractivity contribution is 7.87. The van der Waals surface area contributed by atoms with Gasteiger partial charge in [0.05, 0.1) is 0 Å². The Balaban J connectivity index is 1.37. The van der Waals surface area contributed by atoms with Crippen molar-refractivity contribution in [2.45, 2.75) is 51.0 Å². The molecule has 0 heterocycles. The van der Waals surface area contributed by atoms with Crippen molar-refractivity contribution in [3.05, 3.63) is 0 Å². The van der Waals surface area contributed by atoms with E-state index in [1.54, 1.807) is 7.05 Å². The van der Waals surface area contributed by atoms with Gasteiger partial charge in [-0.2, -0.15) is 12.7 Å². The molecule has 3 rings (SSSR count). The van der Waals surface area contributed by atoms with Crippen molar-refractivity contribution in [3.63, 3.8) is 0 Å². The first kappa shape index (κ1) is 14.8. The van der Waals surface area contributed by atoms with Gasteiger partial charge in [-0.15, -0.1) is 0 Å². The monoisotopic (exact) mass is 301 g/mol. The van der Waals surface area contributed by atoms with Crippen LogP contribution in [0.25, 0.3) is 0 Å². The van der Waals surface area contributed by atoms with E-state index in [0.29, 0.717) is 24.5 Å². The summed E-state index contributed by atoms with van der Waals surface area (Å²) in [6.45, 7) is 2.15. The zero-order valence-electron chi connectivity index (χ0n) is 12.4. The standard InChI is InChI=1S/C14H27N3O2S/c1-17(10-2-9-15-13-5-6-13)20(18,19)16-11-14(7-8-14)12-3-4-12/h12-13,15-16H,2-11H2,1H3. The molecule has 0 aromatic carbocycles. The Labute approximate surface area is 122 Å². The van der Waals surface area contributed by atoms with E-state index < -0.39 is 10.2 Å². The van der Waals surface area contributed by atoms with Crippen LogP contribution in [0.2, 0.25) is 0 Å². The topological polar surface area (TPSA) is 61.4 Å². The Bertz CT molecular complexity index is 439. The molecule has 116 valence electrons. The highest BCUT2D eigenvalue weighted by Gasteiger charge is 2.53. The molecule has 0 spiro atoms. The third-order valence-electron chi connectivity index (χ3n) is 5.01. The predicted molar refractivity (Wildman–Crippen MR) is 79.6 cm³/mol. The lowest BCUT2D eigenvalue weighted by Crippen LogP contribution is -2.42. The van der Waals surface area contributed by atoms with Crippen LogP contribution in [0.15, 0.2) is 0 Å². The molecule has 0 atom stereocenters. The zero-order chi connectivity index (χ0) is 14.2. The summed E-state index contributed by atoms with van der Waals surface area (Å²) in [5.74, 6) is 0.790. The molecule has 0 radical (unpaired) electrons. The number of hydrogen-bond donors (Lipinski definition) is 2. The molecule has 0 unspecified atom stereocenters. The first-order valence-corrected chi connectivity index (χ1v) is 9.40. The van der Waals surface area contributed by atoms with Gasteiger partial charge in [0.25, 0.3) is 10.2 Å². The van der Waals surface area contributed by atoms with Gasteiger partial charge in [-0.3, -0.25) is 0 Å². The maximum absolute atomic E-state index is 12.2. The highest BCUT2D eigenvalue weighted by Crippen LogP contribution is 2.60. The first-order chi connectivity index (χ1) is 9.52. The normalized spacial score (nSPS) is 25.1. The predicted octanol–water partition coefficient (Wildman–Crippen LogP) is 1.08. The highest BCUT2D eigenvalue weighted by atomic mass is 32.2. The van der Waals surface area contributed by atoms with E-state index in [1.165, 1.54) is 42.8 Å². The quantitative estimate of drug-likeness (QED) is 0.594. The SMILES string of the molecule is CN(CCCNC1CC1)S(=O)(=O)NCC1(C2CC2)CC1. The Kier molecular flexibility index (Phi) is 4.10. The minimum Gasteiger partial charge on any atom is -0.314 e. The van der Waals surface area contributed by atoms with E-state index >= 15 is 0 Å². The third kappa shape index (κ3) is 3.72. The summed E-state index contributed by atoms with van der Waals surface area (Å²) in [5.41, 5.74) is 0.321. The molecule has 0 aromatic heterocycles. The van der Waals surface area contributed by atoms with Gasteiger partial charge in [0.1, 0.15) is 0 Å². The molecule has 0 bridgehead atoms. The van der Waals surface area contributed by atoms with Crippen molar-refractivity contribution in [2.75, 3.05) is 26.7 Å². The van der Waals surface area contributed by atoms with Crippen LogP contribution in [0.4, 0.5) is 0 Å². The maximum atomic E-state index is 12.2. The lowest BCUT2D eigenvalue weighted by molar-refractivity contribution is 0.406. The van der Waals surface area contributed by atoms with Crippen molar-refractivity contribution in [2.24, 2.45) is 11.3 Å². The van der Waals surface area contributed by atoms with E-state index in [2.05, 4.69) is 10.0 Å². The summed E-state index contributed by atoms with van der Waals surface area (Å²) >= 11 is 0. The Morgan fingerprint density at radius 2 is 1.90 bits per heavy atom. The smallest absolute Gasteiger partial charge is 0.279 e. The molecule has 0 amide bonds. The maximum Gasteiger partial charge on any atom is 0.279 e. The summed E-state index contributed by atoms with van der Waals surface area (Å²) in [5, 5.41) is 3.41. The van der Waals surface area contributed by atoms with Crippen LogP contribution in [0.3, 0.4) is 0 Å². The average Bonchev–Trinajstić information content (AvgIpc) is 3.29. The number of rotatable bonds is 10. The molecule has 20 heavy (non-hydrogen) atoms. The largest absolute Gasteiger partial charge is 0.314 e. The van der Waals surface area contributed by atoms with Crippen molar-refractivity contribution in [1.29, 1.82) is 0 Å². The molecule has 5 nitrogen and oxygen atoms in total. The van der Waals surface area contributed by atoms with Crippen LogP contribution >= 0.6 is 0 Å². The van der Waals surface area contributed by atoms with Crippen molar-refractivity contribution in [3.8, 4) is 0 Å². The minimum absolute atomic E-state index is 0.321. The molecule has 0 aromatic rings.